The summed E-state index contributed by atoms with van der Waals surface area (Å²) in [5.41, 5.74) is 71.3. The van der Waals surface area contributed by atoms with Crippen molar-refractivity contribution in [2.24, 2.45) is 68.8 Å². The highest BCUT2D eigenvalue weighted by molar-refractivity contribution is 5.05. The van der Waals surface area contributed by atoms with Gasteiger partial charge in [0, 0.05) is 50.3 Å². The van der Waals surface area contributed by atoms with Gasteiger partial charge in [0.1, 0.15) is 134 Å². The van der Waals surface area contributed by atoms with Crippen LogP contribution in [0.2, 0.25) is 0 Å². The normalized spacial score (nSPS) is 53.8. The maximum Gasteiger partial charge on any atom is 0.187 e. The predicted octanol–water partition coefficient (Wildman–Crippen LogP) is -17.8. The number of rotatable bonds is 18. The number of nitrogens with two attached hydrogens (primary N) is 12. The molecule has 0 radical (unpaired) electrons. The molecular formula is C46H92N12O26. The molecule has 492 valence electrons. The van der Waals surface area contributed by atoms with Gasteiger partial charge >= 0.3 is 0 Å². The second-order valence-corrected chi connectivity index (χ2v) is 22.5. The summed E-state index contributed by atoms with van der Waals surface area (Å²) in [7, 11) is 0. The molecule has 38 nitrogen and oxygen atoms in total. The van der Waals surface area contributed by atoms with Crippen molar-refractivity contribution in [1.82, 2.24) is 0 Å². The van der Waals surface area contributed by atoms with E-state index in [0.717, 1.165) is 0 Å². The first-order chi connectivity index (χ1) is 39.7. The van der Waals surface area contributed by atoms with Gasteiger partial charge in [-0.25, -0.2) is 0 Å². The molecule has 6 saturated heterocycles. The zero-order chi connectivity index (χ0) is 62.1. The molecule has 8 rings (SSSR count). The highest BCUT2D eigenvalue weighted by atomic mass is 16.8. The van der Waals surface area contributed by atoms with Crippen molar-refractivity contribution in [3.63, 3.8) is 0 Å². The van der Waals surface area contributed by atoms with Gasteiger partial charge in [-0.15, -0.1) is 0 Å². The Hall–Kier alpha value is -1.52. The van der Waals surface area contributed by atoms with E-state index < -0.39 is 246 Å². The Morgan fingerprint density at radius 1 is 0.262 bits per heavy atom. The molecule has 0 aromatic carbocycles. The lowest BCUT2D eigenvalue weighted by Crippen LogP contribution is -2.68. The second kappa shape index (κ2) is 30.1. The summed E-state index contributed by atoms with van der Waals surface area (Å²) in [6.45, 7) is -1.93. The van der Waals surface area contributed by atoms with Crippen LogP contribution >= 0.6 is 0 Å². The molecule has 38 unspecified atom stereocenters. The van der Waals surface area contributed by atoms with Crippen LogP contribution in [-0.4, -0.2) is 343 Å². The van der Waals surface area contributed by atoms with Crippen molar-refractivity contribution in [2.75, 3.05) is 39.4 Å². The second-order valence-electron chi connectivity index (χ2n) is 22.5. The van der Waals surface area contributed by atoms with Crippen LogP contribution in [0.3, 0.4) is 0 Å². The minimum absolute atomic E-state index is 0.0889. The van der Waals surface area contributed by atoms with Crippen LogP contribution in [0.25, 0.3) is 0 Å². The first-order valence-electron chi connectivity index (χ1n) is 27.8. The average molecular weight is 1230 g/mol. The van der Waals surface area contributed by atoms with Gasteiger partial charge in [0.25, 0.3) is 0 Å². The molecule has 84 heavy (non-hydrogen) atoms. The van der Waals surface area contributed by atoms with Crippen LogP contribution in [-0.2, 0) is 56.8 Å². The lowest BCUT2D eigenvalue weighted by Gasteiger charge is -2.47. The standard InChI is InChI=1S/2C23H46N6O13/c2*24-2-7-13(32)15(34)10(28)21(37-7)40-18-6(27)1-5(26)12(31)20(18)42-23-17(36)19(9(4-30)39-23)41-22-11(29)16(35)14(33)8(3-25)38-22/h2*5-23,30-36H,1-4,24-29H2. The van der Waals surface area contributed by atoms with E-state index in [-0.39, 0.29) is 39.0 Å². The Morgan fingerprint density at radius 3 is 0.726 bits per heavy atom. The Balaban J connectivity index is 0.000000241. The van der Waals surface area contributed by atoms with Gasteiger partial charge in [-0.1, -0.05) is 0 Å². The zero-order valence-electron chi connectivity index (χ0n) is 45.7. The largest absolute Gasteiger partial charge is 0.394 e. The fraction of sp³-hybridized carbons (Fsp3) is 1.00. The molecule has 0 amide bonds. The molecule has 8 fully saturated rings. The summed E-state index contributed by atoms with van der Waals surface area (Å²) in [6.07, 6.45) is -39.6. The van der Waals surface area contributed by atoms with Crippen molar-refractivity contribution in [3.8, 4) is 0 Å². The first kappa shape index (κ1) is 69.9. The molecule has 6 heterocycles. The van der Waals surface area contributed by atoms with Crippen LogP contribution < -0.4 is 68.8 Å². The van der Waals surface area contributed by atoms with E-state index in [4.69, 9.17) is 126 Å². The molecule has 38 N–H and O–H groups in total. The van der Waals surface area contributed by atoms with E-state index in [1.807, 2.05) is 0 Å². The van der Waals surface area contributed by atoms with Crippen molar-refractivity contribution >= 4 is 0 Å². The van der Waals surface area contributed by atoms with Crippen molar-refractivity contribution in [2.45, 2.75) is 245 Å². The van der Waals surface area contributed by atoms with Crippen molar-refractivity contribution in [1.29, 1.82) is 0 Å². The molecule has 8 aliphatic rings. The van der Waals surface area contributed by atoms with Crippen LogP contribution in [0.1, 0.15) is 12.8 Å². The molecule has 0 bridgehead atoms. The number of ether oxygens (including phenoxy) is 12. The number of hydrogen-bond donors (Lipinski definition) is 26. The molecule has 6 aliphatic heterocycles. The average Bonchev–Trinajstić information content (AvgIpc) is 3.14. The Bertz CT molecular complexity index is 1870. The van der Waals surface area contributed by atoms with E-state index in [0.29, 0.717) is 0 Å². The fourth-order valence-corrected chi connectivity index (χ4v) is 11.5. The third-order valence-corrected chi connectivity index (χ3v) is 16.7. The van der Waals surface area contributed by atoms with Crippen LogP contribution in [0.4, 0.5) is 0 Å². The summed E-state index contributed by atoms with van der Waals surface area (Å²) in [5.74, 6) is 0. The predicted molar refractivity (Wildman–Crippen MR) is 277 cm³/mol. The topological polar surface area (TPSA) is 706 Å². The molecule has 2 saturated carbocycles. The van der Waals surface area contributed by atoms with Gasteiger partial charge < -0.3 is 197 Å². The summed E-state index contributed by atoms with van der Waals surface area (Å²) >= 11 is 0. The van der Waals surface area contributed by atoms with Crippen LogP contribution in [0.15, 0.2) is 0 Å². The van der Waals surface area contributed by atoms with Gasteiger partial charge in [-0.2, -0.15) is 0 Å². The minimum atomic E-state index is -1.60. The molecule has 38 heteroatoms. The Kier molecular flexibility index (Phi) is 25.0. The van der Waals surface area contributed by atoms with Gasteiger partial charge in [0.2, 0.25) is 0 Å². The number of aliphatic hydroxyl groups excluding tert-OH is 14. The van der Waals surface area contributed by atoms with E-state index in [1.54, 1.807) is 0 Å². The highest BCUT2D eigenvalue weighted by Gasteiger charge is 2.57. The molecular weight excluding hydrogens is 1140 g/mol. The first-order valence-corrected chi connectivity index (χ1v) is 27.8. The van der Waals surface area contributed by atoms with Crippen molar-refractivity contribution < 1.29 is 128 Å². The molecule has 0 aromatic heterocycles. The molecule has 38 atom stereocenters. The molecule has 2 aliphatic carbocycles. The number of aliphatic hydroxyl groups is 14. The monoisotopic (exact) mass is 1230 g/mol. The van der Waals surface area contributed by atoms with E-state index >= 15 is 0 Å². The SMILES string of the molecule is NCC1OC(OC2C(CO)OC(OC3C(O)C(N)CC(N)C3OC3OC(CN)C(O)C(O)C3N)C2O)C(N)C(O)C1O.NCC1OC(OC2C(CO)OC(OC3C(O)C(N)CC(N)C3OC3OC(CN)C(O)C(O)C3N)C2O)C(N)C(O)C1O. The molecule has 0 spiro atoms. The van der Waals surface area contributed by atoms with Gasteiger partial charge in [-0.3, -0.25) is 0 Å². The summed E-state index contributed by atoms with van der Waals surface area (Å²) in [5, 5.41) is 146. The minimum Gasteiger partial charge on any atom is -0.394 e. The highest BCUT2D eigenvalue weighted by Crippen LogP contribution is 2.37. The summed E-state index contributed by atoms with van der Waals surface area (Å²) in [4.78, 5) is 0. The smallest absolute Gasteiger partial charge is 0.187 e. The lowest BCUT2D eigenvalue weighted by atomic mass is 9.84. The maximum absolute atomic E-state index is 11.1. The summed E-state index contributed by atoms with van der Waals surface area (Å²) < 4.78 is 69.3. The van der Waals surface area contributed by atoms with Crippen LogP contribution in [0.5, 0.6) is 0 Å². The quantitative estimate of drug-likeness (QED) is 0.0606. The fourth-order valence-electron chi connectivity index (χ4n) is 11.5. The summed E-state index contributed by atoms with van der Waals surface area (Å²) in [6, 6.07) is -8.37. The van der Waals surface area contributed by atoms with E-state index in [2.05, 4.69) is 0 Å². The zero-order valence-corrected chi connectivity index (χ0v) is 45.7. The van der Waals surface area contributed by atoms with E-state index in [9.17, 15) is 71.5 Å². The van der Waals surface area contributed by atoms with E-state index in [1.165, 1.54) is 0 Å². The van der Waals surface area contributed by atoms with Gasteiger partial charge in [0.15, 0.2) is 37.7 Å². The lowest BCUT2D eigenvalue weighted by molar-refractivity contribution is -0.307. The maximum atomic E-state index is 11.1. The Morgan fingerprint density at radius 2 is 0.488 bits per heavy atom. The molecule has 0 aromatic rings. The third kappa shape index (κ3) is 14.6. The third-order valence-electron chi connectivity index (χ3n) is 16.7. The van der Waals surface area contributed by atoms with Gasteiger partial charge in [0.05, 0.1) is 49.6 Å². The number of hydrogen-bond acceptors (Lipinski definition) is 38. The van der Waals surface area contributed by atoms with Crippen LogP contribution in [0, 0.1) is 0 Å². The van der Waals surface area contributed by atoms with Crippen molar-refractivity contribution in [3.05, 3.63) is 0 Å². The Labute approximate surface area is 481 Å². The van der Waals surface area contributed by atoms with Gasteiger partial charge in [-0.05, 0) is 12.8 Å².